The van der Waals surface area contributed by atoms with Gasteiger partial charge in [0.1, 0.15) is 19.1 Å². The van der Waals surface area contributed by atoms with Gasteiger partial charge in [-0.15, -0.1) is 0 Å². The second kappa shape index (κ2) is 7.90. The predicted octanol–water partition coefficient (Wildman–Crippen LogP) is 2.82. The molecule has 7 nitrogen and oxygen atoms in total. The van der Waals surface area contributed by atoms with Crippen LogP contribution in [-0.2, 0) is 16.0 Å². The zero-order valence-electron chi connectivity index (χ0n) is 16.9. The first kappa shape index (κ1) is 21.2. The van der Waals surface area contributed by atoms with Gasteiger partial charge in [0.15, 0.2) is 0 Å². The van der Waals surface area contributed by atoms with E-state index < -0.39 is 49.2 Å². The molecule has 2 aromatic rings. The Morgan fingerprint density at radius 1 is 1.26 bits per heavy atom. The molecule has 0 bridgehead atoms. The number of urea groups is 1. The summed E-state index contributed by atoms with van der Waals surface area (Å²) in [5, 5.41) is 3.46. The maximum atomic E-state index is 13.0. The number of fused-ring (bicyclic) bond motifs is 1. The fourth-order valence-corrected chi connectivity index (χ4v) is 4.10. The largest absolute Gasteiger partial charge is 0.406 e. The van der Waals surface area contributed by atoms with Gasteiger partial charge in [-0.2, -0.15) is 13.2 Å². The van der Waals surface area contributed by atoms with E-state index in [1.54, 1.807) is 13.1 Å². The third-order valence-electron chi connectivity index (χ3n) is 5.97. The molecule has 2 atom stereocenters. The lowest BCUT2D eigenvalue weighted by atomic mass is 10.1. The SMILES string of the molecule is C[C@@H](C1CC1)N(CC(F)(F)F)C(=O)CN1C(=O)N[C@H](Cc2c[nH]c3ccccc23)C1=O. The Labute approximate surface area is 176 Å². The summed E-state index contributed by atoms with van der Waals surface area (Å²) in [5.41, 5.74) is 1.71. The molecule has 1 aromatic heterocycles. The van der Waals surface area contributed by atoms with Crippen LogP contribution in [0.2, 0.25) is 0 Å². The lowest BCUT2D eigenvalue weighted by Gasteiger charge is -2.31. The smallest absolute Gasteiger partial charge is 0.361 e. The number of hydrogen-bond acceptors (Lipinski definition) is 3. The van der Waals surface area contributed by atoms with Crippen molar-refractivity contribution < 1.29 is 27.6 Å². The normalized spacial score (nSPS) is 20.3. The van der Waals surface area contributed by atoms with Gasteiger partial charge in [-0.05, 0) is 37.3 Å². The molecule has 10 heteroatoms. The molecule has 31 heavy (non-hydrogen) atoms. The molecular formula is C21H23F3N4O3. The molecule has 0 radical (unpaired) electrons. The van der Waals surface area contributed by atoms with E-state index >= 15 is 0 Å². The second-order valence-electron chi connectivity index (χ2n) is 8.20. The summed E-state index contributed by atoms with van der Waals surface area (Å²) in [6.45, 7) is -0.527. The second-order valence-corrected chi connectivity index (χ2v) is 8.20. The maximum Gasteiger partial charge on any atom is 0.406 e. The highest BCUT2D eigenvalue weighted by Gasteiger charge is 2.44. The number of H-pyrrole nitrogens is 1. The Hall–Kier alpha value is -3.04. The molecule has 0 spiro atoms. The molecule has 1 aromatic carbocycles. The summed E-state index contributed by atoms with van der Waals surface area (Å²) in [7, 11) is 0. The van der Waals surface area contributed by atoms with Crippen molar-refractivity contribution in [1.29, 1.82) is 0 Å². The Balaban J connectivity index is 1.46. The Morgan fingerprint density at radius 2 is 1.97 bits per heavy atom. The molecular weight excluding hydrogens is 413 g/mol. The first-order chi connectivity index (χ1) is 14.6. The summed E-state index contributed by atoms with van der Waals surface area (Å²) in [4.78, 5) is 42.4. The first-order valence-electron chi connectivity index (χ1n) is 10.2. The highest BCUT2D eigenvalue weighted by molar-refractivity contribution is 6.06. The van der Waals surface area contributed by atoms with Crippen LogP contribution >= 0.6 is 0 Å². The third-order valence-corrected chi connectivity index (χ3v) is 5.97. The summed E-state index contributed by atoms with van der Waals surface area (Å²) in [5.74, 6) is -1.48. The number of aromatic nitrogens is 1. The van der Waals surface area contributed by atoms with E-state index in [1.807, 2.05) is 24.3 Å². The van der Waals surface area contributed by atoms with Gasteiger partial charge in [0.25, 0.3) is 5.91 Å². The van der Waals surface area contributed by atoms with Gasteiger partial charge in [0.2, 0.25) is 5.91 Å². The molecule has 4 amide bonds. The summed E-state index contributed by atoms with van der Waals surface area (Å²) in [6, 6.07) is 5.25. The number of nitrogens with one attached hydrogen (secondary N) is 2. The maximum absolute atomic E-state index is 13.0. The number of hydrogen-bond donors (Lipinski definition) is 2. The van der Waals surface area contributed by atoms with Gasteiger partial charge in [-0.25, -0.2) is 4.79 Å². The van der Waals surface area contributed by atoms with E-state index in [2.05, 4.69) is 10.3 Å². The van der Waals surface area contributed by atoms with E-state index in [9.17, 15) is 27.6 Å². The van der Waals surface area contributed by atoms with Crippen LogP contribution in [0.1, 0.15) is 25.3 Å². The van der Waals surface area contributed by atoms with Gasteiger partial charge >= 0.3 is 12.2 Å². The van der Waals surface area contributed by atoms with Crippen molar-refractivity contribution in [2.24, 2.45) is 5.92 Å². The van der Waals surface area contributed by atoms with Crippen molar-refractivity contribution in [3.05, 3.63) is 36.0 Å². The molecule has 2 aliphatic rings. The van der Waals surface area contributed by atoms with E-state index in [-0.39, 0.29) is 12.3 Å². The van der Waals surface area contributed by atoms with Crippen LogP contribution in [0.4, 0.5) is 18.0 Å². The van der Waals surface area contributed by atoms with Crippen molar-refractivity contribution in [1.82, 2.24) is 20.1 Å². The Kier molecular flexibility index (Phi) is 5.40. The highest BCUT2D eigenvalue weighted by atomic mass is 19.4. The number of halogens is 3. The number of nitrogens with zero attached hydrogens (tertiary/aromatic N) is 2. The zero-order chi connectivity index (χ0) is 22.3. The summed E-state index contributed by atoms with van der Waals surface area (Å²) in [6.07, 6.45) is -1.07. The first-order valence-corrected chi connectivity index (χ1v) is 10.2. The molecule has 4 rings (SSSR count). The fourth-order valence-electron chi connectivity index (χ4n) is 4.10. The molecule has 1 aliphatic carbocycles. The Morgan fingerprint density at radius 3 is 2.65 bits per heavy atom. The number of rotatable bonds is 7. The predicted molar refractivity (Wildman–Crippen MR) is 106 cm³/mol. The van der Waals surface area contributed by atoms with Crippen LogP contribution in [0.15, 0.2) is 30.5 Å². The van der Waals surface area contributed by atoms with Gasteiger partial charge in [-0.1, -0.05) is 18.2 Å². The lowest BCUT2D eigenvalue weighted by Crippen LogP contribution is -2.50. The van der Waals surface area contributed by atoms with Gasteiger partial charge in [-0.3, -0.25) is 14.5 Å². The quantitative estimate of drug-likeness (QED) is 0.655. The van der Waals surface area contributed by atoms with Crippen LogP contribution < -0.4 is 5.32 Å². The van der Waals surface area contributed by atoms with Gasteiger partial charge in [0, 0.05) is 29.6 Å². The van der Waals surface area contributed by atoms with Crippen LogP contribution in [0, 0.1) is 5.92 Å². The van der Waals surface area contributed by atoms with Crippen LogP contribution in [0.5, 0.6) is 0 Å². The highest BCUT2D eigenvalue weighted by Crippen LogP contribution is 2.36. The standard InChI is InChI=1S/C21H23F3N4O3/c1-12(13-6-7-13)28(11-21(22,23)24)18(29)10-27-19(30)17(26-20(27)31)8-14-9-25-16-5-3-2-4-15(14)16/h2-5,9,12-13,17,25H,6-8,10-11H2,1H3,(H,26,31)/t12-,17+/m0/s1. The van der Waals surface area contributed by atoms with Gasteiger partial charge in [0.05, 0.1) is 0 Å². The average Bonchev–Trinajstić information content (AvgIpc) is 3.44. The number of para-hydroxylation sites is 1. The average molecular weight is 436 g/mol. The molecule has 2 heterocycles. The van der Waals surface area contributed by atoms with Crippen molar-refractivity contribution in [3.63, 3.8) is 0 Å². The van der Waals surface area contributed by atoms with E-state index in [0.717, 1.165) is 34.2 Å². The molecule has 1 saturated heterocycles. The minimum absolute atomic E-state index is 0.0176. The number of amides is 4. The van der Waals surface area contributed by atoms with E-state index in [0.29, 0.717) is 4.90 Å². The number of benzene rings is 1. The molecule has 0 unspecified atom stereocenters. The van der Waals surface area contributed by atoms with E-state index in [4.69, 9.17) is 0 Å². The molecule has 2 N–H and O–H groups in total. The summed E-state index contributed by atoms with van der Waals surface area (Å²) >= 11 is 0. The van der Waals surface area contributed by atoms with Crippen LogP contribution in [0.25, 0.3) is 10.9 Å². The Bertz CT molecular complexity index is 1010. The number of aromatic amines is 1. The number of alkyl halides is 3. The molecule has 166 valence electrons. The minimum Gasteiger partial charge on any atom is -0.361 e. The van der Waals surface area contributed by atoms with Gasteiger partial charge < -0.3 is 15.2 Å². The third kappa shape index (κ3) is 4.52. The molecule has 1 aliphatic heterocycles. The monoisotopic (exact) mass is 436 g/mol. The van der Waals surface area contributed by atoms with Crippen molar-refractivity contribution in [3.8, 4) is 0 Å². The number of imide groups is 1. The molecule has 2 fully saturated rings. The van der Waals surface area contributed by atoms with Crippen molar-refractivity contribution >= 4 is 28.7 Å². The molecule has 1 saturated carbocycles. The zero-order valence-corrected chi connectivity index (χ0v) is 16.9. The van der Waals surface area contributed by atoms with E-state index in [1.165, 1.54) is 0 Å². The number of carbonyl (C=O) groups excluding carboxylic acids is 3. The van der Waals surface area contributed by atoms with Crippen molar-refractivity contribution in [2.45, 2.75) is 44.4 Å². The fraction of sp³-hybridized carbons (Fsp3) is 0.476. The minimum atomic E-state index is -4.56. The van der Waals surface area contributed by atoms with Crippen molar-refractivity contribution in [2.75, 3.05) is 13.1 Å². The topological polar surface area (TPSA) is 85.5 Å². The number of carbonyl (C=O) groups is 3. The lowest BCUT2D eigenvalue weighted by molar-refractivity contribution is -0.166. The van der Waals surface area contributed by atoms with Crippen LogP contribution in [-0.4, -0.2) is 64.0 Å². The van der Waals surface area contributed by atoms with Crippen LogP contribution in [0.3, 0.4) is 0 Å². The summed E-state index contributed by atoms with van der Waals surface area (Å²) < 4.78 is 39.1.